The van der Waals surface area contributed by atoms with Crippen LogP contribution in [0.15, 0.2) is 45.3 Å². The van der Waals surface area contributed by atoms with Crippen molar-refractivity contribution in [3.8, 4) is 0 Å². The van der Waals surface area contributed by atoms with Gasteiger partial charge in [0.25, 0.3) is 0 Å². The van der Waals surface area contributed by atoms with Gasteiger partial charge in [0.15, 0.2) is 23.1 Å². The van der Waals surface area contributed by atoms with Gasteiger partial charge in [0, 0.05) is 23.3 Å². The first-order valence-corrected chi connectivity index (χ1v) is 11.7. The van der Waals surface area contributed by atoms with E-state index in [-0.39, 0.29) is 22.7 Å². The minimum Gasteiger partial charge on any atom is -0.289 e. The molecule has 0 aliphatic heterocycles. The molecule has 2 aliphatic carbocycles. The average Bonchev–Trinajstić information content (AvgIpc) is 2.67. The van der Waals surface area contributed by atoms with Crippen molar-refractivity contribution in [1.82, 2.24) is 0 Å². The third kappa shape index (κ3) is 6.17. The number of hydrogen-bond donors (Lipinski definition) is 0. The zero-order chi connectivity index (χ0) is 20.5. The summed E-state index contributed by atoms with van der Waals surface area (Å²) >= 11 is 2.74. The van der Waals surface area contributed by atoms with Crippen molar-refractivity contribution < 1.29 is 19.2 Å². The summed E-state index contributed by atoms with van der Waals surface area (Å²) in [5.74, 6) is 0.226. The number of unbranched alkanes of at least 4 members (excludes halogenated alkanes) is 4. The lowest BCUT2D eigenvalue weighted by atomic mass is 9.90. The highest BCUT2D eigenvalue weighted by molar-refractivity contribution is 8.04. The number of carbonyl (C=O) groups excluding carboxylic acids is 4. The van der Waals surface area contributed by atoms with E-state index in [2.05, 4.69) is 13.8 Å². The van der Waals surface area contributed by atoms with Crippen LogP contribution >= 0.6 is 23.5 Å². The van der Waals surface area contributed by atoms with Crippen LogP contribution in [0.2, 0.25) is 0 Å². The van der Waals surface area contributed by atoms with Crippen LogP contribution < -0.4 is 0 Å². The summed E-state index contributed by atoms with van der Waals surface area (Å²) in [6.45, 7) is 4.21. The smallest absolute Gasteiger partial charge is 0.193 e. The van der Waals surface area contributed by atoms with Gasteiger partial charge in [-0.25, -0.2) is 0 Å². The van der Waals surface area contributed by atoms with Crippen molar-refractivity contribution in [2.24, 2.45) is 0 Å². The van der Waals surface area contributed by atoms with Gasteiger partial charge in [0.2, 0.25) is 0 Å². The van der Waals surface area contributed by atoms with Crippen molar-refractivity contribution in [2.75, 3.05) is 11.5 Å². The van der Waals surface area contributed by atoms with Crippen LogP contribution in [0.25, 0.3) is 0 Å². The maximum Gasteiger partial charge on any atom is 0.193 e. The Morgan fingerprint density at radius 1 is 0.571 bits per heavy atom. The first-order valence-electron chi connectivity index (χ1n) is 9.78. The lowest BCUT2D eigenvalue weighted by Gasteiger charge is -2.16. The summed E-state index contributed by atoms with van der Waals surface area (Å²) in [7, 11) is 0. The molecule has 0 atom stereocenters. The average molecular weight is 419 g/mol. The van der Waals surface area contributed by atoms with Gasteiger partial charge in [-0.1, -0.05) is 39.5 Å². The predicted octanol–water partition coefficient (Wildman–Crippen LogP) is 4.76. The van der Waals surface area contributed by atoms with Crippen LogP contribution in [0.4, 0.5) is 0 Å². The van der Waals surface area contributed by atoms with Gasteiger partial charge in [-0.3, -0.25) is 19.2 Å². The number of rotatable bonds is 11. The van der Waals surface area contributed by atoms with E-state index in [1.54, 1.807) is 0 Å². The van der Waals surface area contributed by atoms with Gasteiger partial charge in [-0.15, -0.1) is 23.5 Å². The Hall–Kier alpha value is -1.66. The van der Waals surface area contributed by atoms with E-state index in [9.17, 15) is 19.2 Å². The normalized spacial score (nSPS) is 17.4. The maximum absolute atomic E-state index is 12.5. The molecule has 150 valence electrons. The molecule has 2 aliphatic rings. The number of hydrogen-bond acceptors (Lipinski definition) is 6. The molecule has 0 saturated carbocycles. The molecule has 0 N–H and O–H groups in total. The number of carbonyl (C=O) groups is 4. The lowest BCUT2D eigenvalue weighted by molar-refractivity contribution is -0.116. The molecule has 0 aromatic carbocycles. The lowest BCUT2D eigenvalue weighted by Crippen LogP contribution is -2.20. The third-order valence-electron chi connectivity index (χ3n) is 4.39. The van der Waals surface area contributed by atoms with Gasteiger partial charge in [-0.05, 0) is 36.5 Å². The van der Waals surface area contributed by atoms with Gasteiger partial charge in [-0.2, -0.15) is 0 Å². The minimum atomic E-state index is -0.391. The summed E-state index contributed by atoms with van der Waals surface area (Å²) in [6, 6.07) is 0. The second-order valence-corrected chi connectivity index (χ2v) is 8.97. The molecule has 0 amide bonds. The number of thioether (sulfide) groups is 2. The van der Waals surface area contributed by atoms with E-state index in [1.807, 2.05) is 0 Å². The monoisotopic (exact) mass is 418 g/mol. The Balaban J connectivity index is 2.04. The molecule has 0 fully saturated rings. The second kappa shape index (κ2) is 11.4. The Labute approximate surface area is 175 Å². The summed E-state index contributed by atoms with van der Waals surface area (Å²) in [4.78, 5) is 50.5. The number of ketones is 4. The SMILES string of the molecule is CCCCCSC1=CC(=O)C(C2=CC(=O)C(SCCCCC)=CC2=O)=CC1=O. The Kier molecular flexibility index (Phi) is 9.19. The standard InChI is InChI=1S/C22H26O4S2/c1-3-5-7-9-27-21-13-17(23)15(11-19(21)25)16-12-20(26)22(14-18(16)24)28-10-8-6-4-2/h11-14H,3-10H2,1-2H3. The first-order chi connectivity index (χ1) is 13.5. The Morgan fingerprint density at radius 2 is 0.964 bits per heavy atom. The predicted molar refractivity (Wildman–Crippen MR) is 116 cm³/mol. The van der Waals surface area contributed by atoms with Crippen molar-refractivity contribution in [3.05, 3.63) is 45.3 Å². The molecule has 0 heterocycles. The Morgan fingerprint density at radius 3 is 1.32 bits per heavy atom. The molecule has 0 aromatic heterocycles. The third-order valence-corrected chi connectivity index (χ3v) is 6.64. The summed E-state index contributed by atoms with van der Waals surface area (Å²) in [6.07, 6.45) is 11.3. The van der Waals surface area contributed by atoms with Crippen LogP contribution in [0.3, 0.4) is 0 Å². The molecule has 4 nitrogen and oxygen atoms in total. The first kappa shape index (κ1) is 22.6. The molecule has 28 heavy (non-hydrogen) atoms. The highest BCUT2D eigenvalue weighted by Crippen LogP contribution is 2.30. The molecular formula is C22H26O4S2. The second-order valence-electron chi connectivity index (χ2n) is 6.70. The highest BCUT2D eigenvalue weighted by atomic mass is 32.2. The van der Waals surface area contributed by atoms with E-state index < -0.39 is 11.6 Å². The molecule has 0 unspecified atom stereocenters. The van der Waals surface area contributed by atoms with Crippen LogP contribution in [0, 0.1) is 0 Å². The fraction of sp³-hybridized carbons (Fsp3) is 0.455. The molecule has 0 spiro atoms. The fourth-order valence-electron chi connectivity index (χ4n) is 2.80. The van der Waals surface area contributed by atoms with Crippen molar-refractivity contribution in [2.45, 2.75) is 52.4 Å². The van der Waals surface area contributed by atoms with Gasteiger partial charge in [0.05, 0.1) is 9.81 Å². The van der Waals surface area contributed by atoms with E-state index in [1.165, 1.54) is 47.8 Å². The van der Waals surface area contributed by atoms with E-state index >= 15 is 0 Å². The van der Waals surface area contributed by atoms with Gasteiger partial charge >= 0.3 is 0 Å². The number of allylic oxidation sites excluding steroid dienone is 8. The van der Waals surface area contributed by atoms with Crippen molar-refractivity contribution >= 4 is 46.7 Å². The van der Waals surface area contributed by atoms with E-state index in [0.29, 0.717) is 9.81 Å². The van der Waals surface area contributed by atoms with Gasteiger partial charge < -0.3 is 0 Å². The van der Waals surface area contributed by atoms with Crippen molar-refractivity contribution in [1.29, 1.82) is 0 Å². The molecule has 0 radical (unpaired) electrons. The maximum atomic E-state index is 12.5. The minimum absolute atomic E-state index is 0.0209. The largest absolute Gasteiger partial charge is 0.289 e. The molecule has 0 saturated heterocycles. The highest BCUT2D eigenvalue weighted by Gasteiger charge is 2.29. The van der Waals surface area contributed by atoms with Crippen LogP contribution in [-0.4, -0.2) is 34.6 Å². The van der Waals surface area contributed by atoms with E-state index in [4.69, 9.17) is 0 Å². The topological polar surface area (TPSA) is 68.3 Å². The van der Waals surface area contributed by atoms with Gasteiger partial charge in [0.1, 0.15) is 0 Å². The quantitative estimate of drug-likeness (QED) is 0.356. The molecule has 0 aromatic rings. The summed E-state index contributed by atoms with van der Waals surface area (Å²) < 4.78 is 0. The molecule has 6 heteroatoms. The zero-order valence-corrected chi connectivity index (χ0v) is 18.0. The summed E-state index contributed by atoms with van der Waals surface area (Å²) in [5.41, 5.74) is 0.0417. The fourth-order valence-corrected chi connectivity index (χ4v) is 4.72. The van der Waals surface area contributed by atoms with E-state index in [0.717, 1.165) is 50.0 Å². The summed E-state index contributed by atoms with van der Waals surface area (Å²) in [5, 5.41) is 0. The van der Waals surface area contributed by atoms with Crippen molar-refractivity contribution in [3.63, 3.8) is 0 Å². The Bertz CT molecular complexity index is 718. The van der Waals surface area contributed by atoms with Crippen LogP contribution in [-0.2, 0) is 19.2 Å². The molecular weight excluding hydrogens is 392 g/mol. The zero-order valence-electron chi connectivity index (χ0n) is 16.4. The van der Waals surface area contributed by atoms with Crippen LogP contribution in [0.5, 0.6) is 0 Å². The molecule has 0 bridgehead atoms. The van der Waals surface area contributed by atoms with Crippen LogP contribution in [0.1, 0.15) is 52.4 Å². The molecule has 2 rings (SSSR count).